The van der Waals surface area contributed by atoms with Crippen molar-refractivity contribution in [2.75, 3.05) is 0 Å². The molecule has 0 aromatic rings. The minimum atomic E-state index is 0. The maximum Gasteiger partial charge on any atom is 0.112 e. The van der Waals surface area contributed by atoms with Crippen molar-refractivity contribution in [2.45, 2.75) is 6.92 Å². The van der Waals surface area contributed by atoms with Crippen LogP contribution in [0.25, 0.3) is 0 Å². The molecule has 0 aliphatic rings. The Morgan fingerprint density at radius 3 is 1.56 bits per heavy atom. The van der Waals surface area contributed by atoms with Gasteiger partial charge in [0.05, 0.1) is 0 Å². The third-order valence-corrected chi connectivity index (χ3v) is 1.28. The molecule has 0 aliphatic carbocycles. The molecule has 0 spiro atoms. The molecule has 0 saturated carbocycles. The molecule has 94 valence electrons. The Morgan fingerprint density at radius 2 is 1.25 bits per heavy atom. The minimum absolute atomic E-state index is 0. The van der Waals surface area contributed by atoms with Gasteiger partial charge >= 0.3 is 0 Å². The van der Waals surface area contributed by atoms with Gasteiger partial charge in [0, 0.05) is 75.5 Å². The van der Waals surface area contributed by atoms with E-state index < -0.39 is 0 Å². The van der Waals surface area contributed by atoms with Crippen LogP contribution in [0.1, 0.15) is 6.92 Å². The third-order valence-electron chi connectivity index (χ3n) is 1.28. The standard InChI is InChI=1S/C11H13B.C2H4.2Ho/c1-5-6-9(2)10(3)7-8-11(4)12;1-2;;/h5-8H,2-4H2,1H3;1-2H2;;/b6-5-,8-7-;;;. The first-order chi connectivity index (χ1) is 6.57. The number of hydrogen-bond donors (Lipinski definition) is 0. The van der Waals surface area contributed by atoms with Gasteiger partial charge in [0.2, 0.25) is 0 Å². The molecule has 0 aromatic carbocycles. The van der Waals surface area contributed by atoms with Crippen LogP contribution in [0.2, 0.25) is 0 Å². The second-order valence-electron chi connectivity index (χ2n) is 2.46. The summed E-state index contributed by atoms with van der Waals surface area (Å²) in [7, 11) is 5.34. The summed E-state index contributed by atoms with van der Waals surface area (Å²) in [6.45, 7) is 19.1. The predicted octanol–water partition coefficient (Wildman–Crippen LogP) is 3.72. The molecule has 0 heterocycles. The number of hydrogen-bond acceptors (Lipinski definition) is 0. The monoisotopic (exact) mass is 514 g/mol. The molecule has 0 aromatic heterocycles. The minimum Gasteiger partial charge on any atom is -0.106 e. The first-order valence-electron chi connectivity index (χ1n) is 4.21. The van der Waals surface area contributed by atoms with Gasteiger partial charge in [-0.05, 0) is 18.1 Å². The van der Waals surface area contributed by atoms with Gasteiger partial charge in [-0.15, -0.1) is 25.2 Å². The SMILES string of the molecule is C=C.[B]C(=C)/C=C\C(=C)C(=C)/C=C\C.[Ho].[Ho]. The zero-order valence-electron chi connectivity index (χ0n) is 9.53. The molecule has 16 heavy (non-hydrogen) atoms. The molecule has 0 amide bonds. The van der Waals surface area contributed by atoms with Gasteiger partial charge in [-0.3, -0.25) is 0 Å². The molecule has 0 bridgehead atoms. The van der Waals surface area contributed by atoms with Crippen LogP contribution in [0.15, 0.2) is 73.8 Å². The van der Waals surface area contributed by atoms with E-state index in [1.165, 1.54) is 0 Å². The molecule has 0 fully saturated rings. The fourth-order valence-corrected chi connectivity index (χ4v) is 0.623. The summed E-state index contributed by atoms with van der Waals surface area (Å²) < 4.78 is 0. The van der Waals surface area contributed by atoms with Crippen LogP contribution in [-0.2, 0) is 0 Å². The second-order valence-corrected chi connectivity index (χ2v) is 2.46. The largest absolute Gasteiger partial charge is 0.112 e. The van der Waals surface area contributed by atoms with Crippen molar-refractivity contribution in [1.82, 2.24) is 0 Å². The maximum absolute atomic E-state index is 5.34. The molecule has 0 atom stereocenters. The van der Waals surface area contributed by atoms with Gasteiger partial charge in [-0.25, -0.2) is 0 Å². The molecular formula is C13H17BHo2. The molecule has 0 rings (SSSR count). The topological polar surface area (TPSA) is 0 Å². The molecule has 0 saturated heterocycles. The zero-order valence-corrected chi connectivity index (χ0v) is 13.4. The van der Waals surface area contributed by atoms with E-state index in [0.717, 1.165) is 11.1 Å². The zero-order chi connectivity index (χ0) is 11.6. The average Bonchev–Trinajstić information content (AvgIpc) is 2.17. The normalized spacial score (nSPS) is 8.31. The van der Waals surface area contributed by atoms with E-state index in [0.29, 0.717) is 5.47 Å². The van der Waals surface area contributed by atoms with Gasteiger partial charge < -0.3 is 0 Å². The number of rotatable bonds is 4. The van der Waals surface area contributed by atoms with Crippen LogP contribution in [0, 0.1) is 75.5 Å². The summed E-state index contributed by atoms with van der Waals surface area (Å²) in [5.74, 6) is 0. The third kappa shape index (κ3) is 17.4. The van der Waals surface area contributed by atoms with Gasteiger partial charge in [-0.2, -0.15) is 0 Å². The Balaban J connectivity index is -0.000000169. The first kappa shape index (κ1) is 25.8. The van der Waals surface area contributed by atoms with Crippen molar-refractivity contribution in [2.24, 2.45) is 0 Å². The molecule has 0 unspecified atom stereocenters. The molecule has 0 nitrogen and oxygen atoms in total. The maximum atomic E-state index is 5.34. The van der Waals surface area contributed by atoms with Crippen molar-refractivity contribution in [1.29, 1.82) is 0 Å². The average molecular weight is 514 g/mol. The Hall–Kier alpha value is 1.02. The van der Waals surface area contributed by atoms with Crippen molar-refractivity contribution >= 4 is 7.85 Å². The Morgan fingerprint density at radius 1 is 0.875 bits per heavy atom. The van der Waals surface area contributed by atoms with Crippen LogP contribution < -0.4 is 0 Å². The van der Waals surface area contributed by atoms with Crippen molar-refractivity contribution in [3.8, 4) is 0 Å². The summed E-state index contributed by atoms with van der Waals surface area (Å²) >= 11 is 0. The van der Waals surface area contributed by atoms with Crippen LogP contribution in [0.3, 0.4) is 0 Å². The quantitative estimate of drug-likeness (QED) is 0.305. The van der Waals surface area contributed by atoms with Gasteiger partial charge in [0.15, 0.2) is 0 Å². The second kappa shape index (κ2) is 18.4. The van der Waals surface area contributed by atoms with Crippen molar-refractivity contribution in [3.05, 3.63) is 73.8 Å². The summed E-state index contributed by atoms with van der Waals surface area (Å²) in [6.07, 6.45) is 7.31. The molecule has 0 N–H and O–H groups in total. The van der Waals surface area contributed by atoms with Crippen LogP contribution in [-0.4, -0.2) is 7.85 Å². The summed E-state index contributed by atoms with van der Waals surface area (Å²) in [5.41, 5.74) is 2.25. The fraction of sp³-hybridized carbons (Fsp3) is 0.0769. The molecular weight excluding hydrogens is 497 g/mol. The van der Waals surface area contributed by atoms with E-state index in [4.69, 9.17) is 7.85 Å². The Labute approximate surface area is 161 Å². The summed E-state index contributed by atoms with van der Waals surface area (Å²) in [5, 5.41) is 0. The smallest absolute Gasteiger partial charge is 0.106 e. The molecule has 0 aliphatic heterocycles. The van der Waals surface area contributed by atoms with E-state index in [1.807, 2.05) is 19.1 Å². The summed E-state index contributed by atoms with van der Waals surface area (Å²) in [6, 6.07) is 0. The van der Waals surface area contributed by atoms with Crippen LogP contribution in [0.5, 0.6) is 0 Å². The number of allylic oxidation sites excluding steroid dienone is 7. The molecule has 4 radical (unpaired) electrons. The van der Waals surface area contributed by atoms with E-state index >= 15 is 0 Å². The van der Waals surface area contributed by atoms with E-state index in [9.17, 15) is 0 Å². The van der Waals surface area contributed by atoms with E-state index in [2.05, 4.69) is 32.9 Å². The van der Waals surface area contributed by atoms with Crippen LogP contribution in [0.4, 0.5) is 0 Å². The summed E-state index contributed by atoms with van der Waals surface area (Å²) in [4.78, 5) is 0. The Kier molecular flexibility index (Phi) is 29.6. The van der Waals surface area contributed by atoms with Gasteiger partial charge in [-0.1, -0.05) is 37.5 Å². The molecule has 3 heteroatoms. The van der Waals surface area contributed by atoms with Crippen molar-refractivity contribution < 1.29 is 75.5 Å². The van der Waals surface area contributed by atoms with E-state index in [1.54, 1.807) is 12.2 Å². The predicted molar refractivity (Wildman–Crippen MR) is 68.4 cm³/mol. The van der Waals surface area contributed by atoms with E-state index in [-0.39, 0.29) is 75.5 Å². The fourth-order valence-electron chi connectivity index (χ4n) is 0.623. The van der Waals surface area contributed by atoms with Gasteiger partial charge in [0.25, 0.3) is 0 Å². The first-order valence-corrected chi connectivity index (χ1v) is 4.21. The van der Waals surface area contributed by atoms with Crippen LogP contribution >= 0.6 is 0 Å². The van der Waals surface area contributed by atoms with Gasteiger partial charge in [0.1, 0.15) is 7.85 Å². The van der Waals surface area contributed by atoms with Crippen molar-refractivity contribution in [3.63, 3.8) is 0 Å². The Bertz CT molecular complexity index is 276.